The van der Waals surface area contributed by atoms with Crippen molar-refractivity contribution in [3.05, 3.63) is 0 Å². The second kappa shape index (κ2) is 56.8. The van der Waals surface area contributed by atoms with Crippen LogP contribution in [0.2, 0.25) is 8.87 Å². The first kappa shape index (κ1) is 65.9. The Balaban J connectivity index is -0.000000880. The van der Waals surface area contributed by atoms with Crippen molar-refractivity contribution in [2.24, 2.45) is 0 Å². The van der Waals surface area contributed by atoms with Gasteiger partial charge in [-0.15, -0.1) is 0 Å². The molecule has 11 heteroatoms. The van der Waals surface area contributed by atoms with Gasteiger partial charge in [-0.2, -0.15) is 0 Å². The van der Waals surface area contributed by atoms with Crippen LogP contribution in [0.5, 0.6) is 0 Å². The van der Waals surface area contributed by atoms with E-state index in [1.54, 1.807) is 8.87 Å². The van der Waals surface area contributed by atoms with Crippen molar-refractivity contribution in [1.82, 2.24) is 0 Å². The first-order valence-corrected chi connectivity index (χ1v) is 36.9. The van der Waals surface area contributed by atoms with Gasteiger partial charge in [-0.05, 0) is 25.7 Å². The fourth-order valence-corrected chi connectivity index (χ4v) is 14.0. The van der Waals surface area contributed by atoms with E-state index >= 15 is 0 Å². The van der Waals surface area contributed by atoms with E-state index in [1.807, 2.05) is 0 Å². The summed E-state index contributed by atoms with van der Waals surface area (Å²) in [6.45, 7) is 16.3. The minimum atomic E-state index is -2.42. The Labute approximate surface area is 403 Å². The topological polar surface area (TPSA) is 36.9 Å². The normalized spacial score (nSPS) is 11.5. The van der Waals surface area contributed by atoms with Crippen LogP contribution in [0.4, 0.5) is 0 Å². The first-order valence-electron chi connectivity index (χ1n) is 25.6. The van der Waals surface area contributed by atoms with Gasteiger partial charge in [0.25, 0.3) is 0 Å². The predicted octanol–water partition coefficient (Wildman–Crippen LogP) is 19.3. The zero-order valence-corrected chi connectivity index (χ0v) is 48.3. The summed E-state index contributed by atoms with van der Waals surface area (Å²) in [6.07, 6.45) is 47.3. The Hall–Kier alpha value is 2.64. The van der Waals surface area contributed by atoms with Gasteiger partial charge in [0.2, 0.25) is 0 Å². The molecule has 0 aromatic rings. The molecule has 0 saturated heterocycles. The van der Waals surface area contributed by atoms with Crippen LogP contribution in [0.3, 0.4) is 0 Å². The van der Waals surface area contributed by atoms with E-state index in [4.69, 9.17) is 66.2 Å². The summed E-state index contributed by atoms with van der Waals surface area (Å²) in [5.41, 5.74) is -4.83. The molecule has 4 nitrogen and oxygen atoms in total. The monoisotopic (exact) mass is 1050 g/mol. The summed E-state index contributed by atoms with van der Waals surface area (Å²) in [6, 6.07) is 0. The van der Waals surface area contributed by atoms with Crippen LogP contribution in [0.1, 0.15) is 273 Å². The van der Waals surface area contributed by atoms with Crippen molar-refractivity contribution in [2.75, 3.05) is 26.4 Å². The molecule has 0 fully saturated rings. The zero-order valence-electron chi connectivity index (χ0n) is 40.4. The third-order valence-electron chi connectivity index (χ3n) is 10.4. The van der Waals surface area contributed by atoms with Gasteiger partial charge in [-0.1, -0.05) is 231 Å². The molecule has 0 radical (unpaired) electrons. The van der Waals surface area contributed by atoms with E-state index in [1.165, 1.54) is 205 Å². The van der Waals surface area contributed by atoms with Crippen LogP contribution >= 0.6 is 11.4 Å². The Bertz CT molecular complexity index is 744. The summed E-state index contributed by atoms with van der Waals surface area (Å²) in [5, 5.41) is 0. The Morgan fingerprint density at radius 1 is 0.288 bits per heavy atom. The molecule has 0 aromatic heterocycles. The van der Waals surface area contributed by atoms with Crippen LogP contribution in [0.15, 0.2) is 0 Å². The van der Waals surface area contributed by atoms with Crippen molar-refractivity contribution >= 4 is 80.6 Å². The maximum absolute atomic E-state index is 5.67. The van der Waals surface area contributed by atoms with E-state index in [0.29, 0.717) is 26.4 Å². The van der Waals surface area contributed by atoms with Crippen LogP contribution in [-0.4, -0.2) is 47.6 Å². The van der Waals surface area contributed by atoms with E-state index in [-0.39, 0.29) is 21.1 Å². The molecule has 0 aromatic carbocycles. The van der Waals surface area contributed by atoms with Crippen molar-refractivity contribution in [3.8, 4) is 0 Å². The van der Waals surface area contributed by atoms with E-state index in [9.17, 15) is 0 Å². The van der Waals surface area contributed by atoms with Crippen molar-refractivity contribution in [3.63, 3.8) is 0 Å². The number of unbranched alkanes of at least 4 members (excludes halogenated alkanes) is 30. The molecule has 0 atom stereocenters. The molecule has 0 aliphatic heterocycles. The molecule has 356 valence electrons. The quantitative estimate of drug-likeness (QED) is 0.0258. The molecule has 0 amide bonds. The van der Waals surface area contributed by atoms with Crippen molar-refractivity contribution in [1.29, 1.82) is 0 Å². The number of hydrogen-bond donors (Lipinski definition) is 0. The summed E-state index contributed by atoms with van der Waals surface area (Å²) < 4.78 is 25.9. The fourth-order valence-electron chi connectivity index (χ4n) is 6.45. The maximum atomic E-state index is 5.67. The SMILES string of the molecule is CCCCCCCCCCOP(=S)([S-])OCCCCCCCCCC.CCCCCCCCCCOP(=S)([S-])OCCCCCCCCCC.CCC[CH2][Sn+2][CH2]CCC. The molecule has 0 rings (SSSR count). The first-order chi connectivity index (χ1) is 28.7. The number of rotatable bonds is 46. The second-order valence-electron chi connectivity index (χ2n) is 16.6. The van der Waals surface area contributed by atoms with Gasteiger partial charge in [-0.3, -0.25) is 0 Å². The van der Waals surface area contributed by atoms with Crippen molar-refractivity contribution in [2.45, 2.75) is 282 Å². The van der Waals surface area contributed by atoms with E-state index in [0.717, 1.165) is 25.7 Å². The average Bonchev–Trinajstić information content (AvgIpc) is 3.21. The number of hydrogen-bond acceptors (Lipinski definition) is 8. The molecule has 0 N–H and O–H groups in total. The molecule has 0 bridgehead atoms. The van der Waals surface area contributed by atoms with Crippen LogP contribution < -0.4 is 0 Å². The van der Waals surface area contributed by atoms with Gasteiger partial charge in [0.15, 0.2) is 0 Å². The predicted molar refractivity (Wildman–Crippen MR) is 283 cm³/mol. The van der Waals surface area contributed by atoms with Gasteiger partial charge in [0.05, 0.1) is 37.8 Å². The molecule has 0 heterocycles. The van der Waals surface area contributed by atoms with Gasteiger partial charge >= 0.3 is 69.5 Å². The Morgan fingerprint density at radius 2 is 0.458 bits per heavy atom. The minimum absolute atomic E-state index is 0.149. The summed E-state index contributed by atoms with van der Waals surface area (Å²) in [5.74, 6) is 0. The standard InChI is InChI=1S/2C20H43O2PS2.2C4H9.Sn/c2*1-3-5-7-9-11-13-15-17-19-21-23(24,25)22-20-18-16-14-12-10-8-6-4-2;2*1-3-4-2;/h2*3-20H2,1-2H3,(H,24,25);2*1,3-4H2,2H3;/q;;;;+2/p-2. The van der Waals surface area contributed by atoms with E-state index in [2.05, 4.69) is 41.5 Å². The van der Waals surface area contributed by atoms with Crippen molar-refractivity contribution < 1.29 is 18.1 Å². The Kier molecular flexibility index (Phi) is 63.4. The Morgan fingerprint density at radius 3 is 0.644 bits per heavy atom. The van der Waals surface area contributed by atoms with E-state index < -0.39 is 11.4 Å². The summed E-state index contributed by atoms with van der Waals surface area (Å²) in [4.78, 5) is 0. The molecular formula is C48H102O4P2S4Sn. The van der Waals surface area contributed by atoms with Crippen LogP contribution in [-0.2, 0) is 66.2 Å². The fraction of sp³-hybridized carbons (Fsp3) is 1.00. The zero-order chi connectivity index (χ0) is 44.2. The molecule has 0 saturated carbocycles. The second-order valence-corrected chi connectivity index (χ2v) is 30.8. The molecule has 0 spiro atoms. The summed E-state index contributed by atoms with van der Waals surface area (Å²) in [7, 11) is 0. The molecule has 59 heavy (non-hydrogen) atoms. The molecule has 0 aliphatic carbocycles. The van der Waals surface area contributed by atoms with Gasteiger partial charge in [0, 0.05) is 0 Å². The molecule has 0 unspecified atom stereocenters. The van der Waals surface area contributed by atoms with Gasteiger partial charge in [0.1, 0.15) is 0 Å². The average molecular weight is 1050 g/mol. The molecule has 0 aliphatic rings. The van der Waals surface area contributed by atoms with Gasteiger partial charge < -0.3 is 42.6 Å². The third kappa shape index (κ3) is 65.0. The summed E-state index contributed by atoms with van der Waals surface area (Å²) >= 11 is 21.4. The van der Waals surface area contributed by atoms with Gasteiger partial charge in [-0.25, -0.2) is 0 Å². The molecular weight excluding hydrogens is 949 g/mol. The third-order valence-corrected chi connectivity index (χ3v) is 19.0. The van der Waals surface area contributed by atoms with Crippen LogP contribution in [0, 0.1) is 0 Å². The van der Waals surface area contributed by atoms with Crippen LogP contribution in [0.25, 0.3) is 0 Å².